The molecule has 0 aliphatic carbocycles. The molecule has 0 saturated heterocycles. The average molecular weight is 451 g/mol. The Morgan fingerprint density at radius 1 is 1.00 bits per heavy atom. The van der Waals surface area contributed by atoms with Gasteiger partial charge in [-0.15, -0.1) is 11.3 Å². The molecule has 8 heteroatoms. The summed E-state index contributed by atoms with van der Waals surface area (Å²) >= 11 is 7.36. The van der Waals surface area contributed by atoms with Crippen molar-refractivity contribution in [1.82, 2.24) is 15.1 Å². The lowest BCUT2D eigenvalue weighted by Crippen LogP contribution is -2.32. The first kappa shape index (κ1) is 20.8. The highest BCUT2D eigenvalue weighted by molar-refractivity contribution is 7.13. The van der Waals surface area contributed by atoms with Crippen LogP contribution in [-0.2, 0) is 11.3 Å². The molecule has 0 atom stereocenters. The molecular formula is C23H19ClN4O2S. The Balaban J connectivity index is 1.47. The number of carbonyl (C=O) groups excluding carboxylic acids is 2. The van der Waals surface area contributed by atoms with Gasteiger partial charge in [0.2, 0.25) is 5.91 Å². The second kappa shape index (κ2) is 9.59. The Labute approximate surface area is 188 Å². The molecule has 0 bridgehead atoms. The molecule has 0 aliphatic rings. The van der Waals surface area contributed by atoms with Gasteiger partial charge in [-0.1, -0.05) is 48.0 Å². The van der Waals surface area contributed by atoms with Gasteiger partial charge in [0, 0.05) is 16.9 Å². The molecule has 0 saturated carbocycles. The summed E-state index contributed by atoms with van der Waals surface area (Å²) in [6, 6.07) is 20.5. The van der Waals surface area contributed by atoms with E-state index in [1.54, 1.807) is 35.1 Å². The third-order valence-electron chi connectivity index (χ3n) is 4.49. The fraction of sp³-hybridized carbons (Fsp3) is 0.0870. The van der Waals surface area contributed by atoms with E-state index in [0.717, 1.165) is 10.4 Å². The van der Waals surface area contributed by atoms with E-state index in [0.29, 0.717) is 28.5 Å². The molecule has 2 heterocycles. The number of benzene rings is 2. The van der Waals surface area contributed by atoms with Crippen molar-refractivity contribution in [3.05, 3.63) is 94.5 Å². The number of nitrogens with zero attached hydrogens (tertiary/aromatic N) is 2. The van der Waals surface area contributed by atoms with Crippen molar-refractivity contribution in [2.45, 2.75) is 6.54 Å². The summed E-state index contributed by atoms with van der Waals surface area (Å²) < 4.78 is 1.74. The Hall–Kier alpha value is -3.42. The van der Waals surface area contributed by atoms with Gasteiger partial charge in [0.25, 0.3) is 5.91 Å². The third kappa shape index (κ3) is 5.39. The Bertz CT molecular complexity index is 1170. The number of thiophene rings is 1. The van der Waals surface area contributed by atoms with E-state index in [-0.39, 0.29) is 18.4 Å². The van der Waals surface area contributed by atoms with E-state index in [2.05, 4.69) is 15.7 Å². The molecule has 2 aromatic heterocycles. The lowest BCUT2D eigenvalue weighted by molar-refractivity contribution is -0.115. The minimum absolute atomic E-state index is 0.158. The number of nitrogens with one attached hydrogen (secondary N) is 2. The summed E-state index contributed by atoms with van der Waals surface area (Å²) in [5, 5.41) is 12.6. The van der Waals surface area contributed by atoms with Crippen LogP contribution in [0.1, 0.15) is 15.9 Å². The Morgan fingerprint density at radius 2 is 1.77 bits per heavy atom. The quantitative estimate of drug-likeness (QED) is 0.429. The highest BCUT2D eigenvalue weighted by Crippen LogP contribution is 2.27. The molecule has 0 aliphatic heterocycles. The van der Waals surface area contributed by atoms with Gasteiger partial charge in [-0.25, -0.2) is 0 Å². The van der Waals surface area contributed by atoms with Crippen molar-refractivity contribution in [2.75, 3.05) is 11.9 Å². The molecule has 2 N–H and O–H groups in total. The van der Waals surface area contributed by atoms with Crippen molar-refractivity contribution < 1.29 is 9.59 Å². The largest absolute Gasteiger partial charge is 0.343 e. The van der Waals surface area contributed by atoms with Crippen LogP contribution < -0.4 is 10.6 Å². The molecule has 4 aromatic rings. The van der Waals surface area contributed by atoms with Crippen molar-refractivity contribution in [2.24, 2.45) is 0 Å². The predicted octanol–water partition coefficient (Wildman–Crippen LogP) is 4.68. The summed E-state index contributed by atoms with van der Waals surface area (Å²) in [5.74, 6) is -0.681. The van der Waals surface area contributed by atoms with Crippen LogP contribution in [0, 0.1) is 0 Å². The smallest absolute Gasteiger partial charge is 0.255 e. The molecule has 31 heavy (non-hydrogen) atoms. The van der Waals surface area contributed by atoms with Gasteiger partial charge in [0.1, 0.15) is 5.69 Å². The van der Waals surface area contributed by atoms with Gasteiger partial charge in [-0.05, 0) is 41.3 Å². The Kier molecular flexibility index (Phi) is 6.45. The Morgan fingerprint density at radius 3 is 2.48 bits per heavy atom. The van der Waals surface area contributed by atoms with Crippen molar-refractivity contribution in [3.63, 3.8) is 0 Å². The average Bonchev–Trinajstić information content (AvgIpc) is 3.44. The van der Waals surface area contributed by atoms with Gasteiger partial charge >= 0.3 is 0 Å². The van der Waals surface area contributed by atoms with Crippen molar-refractivity contribution in [1.29, 1.82) is 0 Å². The normalized spacial score (nSPS) is 10.6. The molecule has 2 aromatic carbocycles. The lowest BCUT2D eigenvalue weighted by Gasteiger charge is -2.07. The molecule has 0 unspecified atom stereocenters. The van der Waals surface area contributed by atoms with Crippen LogP contribution in [0.3, 0.4) is 0 Å². The van der Waals surface area contributed by atoms with Crippen LogP contribution in [0.5, 0.6) is 0 Å². The molecule has 156 valence electrons. The summed E-state index contributed by atoms with van der Waals surface area (Å²) in [4.78, 5) is 26.0. The highest BCUT2D eigenvalue weighted by atomic mass is 35.5. The maximum Gasteiger partial charge on any atom is 0.255 e. The fourth-order valence-electron chi connectivity index (χ4n) is 3.03. The number of halogens is 1. The molecular weight excluding hydrogens is 432 g/mol. The van der Waals surface area contributed by atoms with Gasteiger partial charge < -0.3 is 10.6 Å². The number of amides is 2. The van der Waals surface area contributed by atoms with Gasteiger partial charge in [-0.2, -0.15) is 5.10 Å². The molecule has 4 rings (SSSR count). The first-order valence-electron chi connectivity index (χ1n) is 9.57. The van der Waals surface area contributed by atoms with E-state index in [9.17, 15) is 9.59 Å². The summed E-state index contributed by atoms with van der Waals surface area (Å²) in [5.41, 5.74) is 2.72. The maximum absolute atomic E-state index is 12.9. The number of hydrogen-bond acceptors (Lipinski definition) is 4. The first-order chi connectivity index (χ1) is 15.1. The van der Waals surface area contributed by atoms with Gasteiger partial charge in [-0.3, -0.25) is 14.3 Å². The minimum atomic E-state index is -0.353. The maximum atomic E-state index is 12.9. The third-order valence-corrected chi connectivity index (χ3v) is 5.61. The monoisotopic (exact) mass is 450 g/mol. The number of rotatable bonds is 7. The SMILES string of the molecule is O=C(CNC(=O)c1cn(Cc2ccccc2)nc1-c1cccs1)Nc1ccc(Cl)cc1. The fourth-order valence-corrected chi connectivity index (χ4v) is 3.88. The summed E-state index contributed by atoms with van der Waals surface area (Å²) in [7, 11) is 0. The number of carbonyl (C=O) groups is 2. The van der Waals surface area contributed by atoms with Crippen LogP contribution in [-0.4, -0.2) is 28.1 Å². The zero-order chi connectivity index (χ0) is 21.6. The van der Waals surface area contributed by atoms with E-state index < -0.39 is 0 Å². The van der Waals surface area contributed by atoms with Crippen LogP contribution >= 0.6 is 22.9 Å². The first-order valence-corrected chi connectivity index (χ1v) is 10.8. The molecule has 0 spiro atoms. The number of anilines is 1. The van der Waals surface area contributed by atoms with Crippen LogP contribution in [0.25, 0.3) is 10.6 Å². The van der Waals surface area contributed by atoms with Crippen LogP contribution in [0.15, 0.2) is 78.3 Å². The van der Waals surface area contributed by atoms with Gasteiger partial charge in [0.15, 0.2) is 0 Å². The van der Waals surface area contributed by atoms with Gasteiger partial charge in [0.05, 0.1) is 23.5 Å². The number of aromatic nitrogens is 2. The van der Waals surface area contributed by atoms with Crippen LogP contribution in [0.2, 0.25) is 5.02 Å². The number of hydrogen-bond donors (Lipinski definition) is 2. The zero-order valence-corrected chi connectivity index (χ0v) is 18.0. The predicted molar refractivity (Wildman–Crippen MR) is 123 cm³/mol. The second-order valence-corrected chi connectivity index (χ2v) is 8.17. The van der Waals surface area contributed by atoms with Crippen molar-refractivity contribution >= 4 is 40.4 Å². The molecule has 2 amide bonds. The van der Waals surface area contributed by atoms with E-state index in [1.165, 1.54) is 11.3 Å². The van der Waals surface area contributed by atoms with Crippen molar-refractivity contribution in [3.8, 4) is 10.6 Å². The minimum Gasteiger partial charge on any atom is -0.343 e. The van der Waals surface area contributed by atoms with E-state index in [1.807, 2.05) is 47.8 Å². The molecule has 0 radical (unpaired) electrons. The van der Waals surface area contributed by atoms with E-state index in [4.69, 9.17) is 11.6 Å². The summed E-state index contributed by atoms with van der Waals surface area (Å²) in [6.45, 7) is 0.388. The van der Waals surface area contributed by atoms with Crippen LogP contribution in [0.4, 0.5) is 5.69 Å². The molecule has 6 nitrogen and oxygen atoms in total. The standard InChI is InChI=1S/C23H19ClN4O2S/c24-17-8-10-18(11-9-17)26-21(29)13-25-23(30)19-15-28(14-16-5-2-1-3-6-16)27-22(19)20-7-4-12-31-20/h1-12,15H,13-14H2,(H,25,30)(H,26,29). The van der Waals surface area contributed by atoms with E-state index >= 15 is 0 Å². The zero-order valence-electron chi connectivity index (χ0n) is 16.4. The summed E-state index contributed by atoms with van der Waals surface area (Å²) in [6.07, 6.45) is 1.72. The molecule has 0 fully saturated rings. The highest BCUT2D eigenvalue weighted by Gasteiger charge is 2.19. The lowest BCUT2D eigenvalue weighted by atomic mass is 10.2. The topological polar surface area (TPSA) is 76.0 Å². The second-order valence-electron chi connectivity index (χ2n) is 6.79.